The maximum atomic E-state index is 12.1. The summed E-state index contributed by atoms with van der Waals surface area (Å²) < 4.78 is 5.48. The van der Waals surface area contributed by atoms with Gasteiger partial charge in [0.1, 0.15) is 6.10 Å². The van der Waals surface area contributed by atoms with Crippen LogP contribution in [0.5, 0.6) is 0 Å². The van der Waals surface area contributed by atoms with Gasteiger partial charge < -0.3 is 15.0 Å². The molecule has 2 unspecified atom stereocenters. The van der Waals surface area contributed by atoms with Gasteiger partial charge in [0.2, 0.25) is 0 Å². The van der Waals surface area contributed by atoms with E-state index in [9.17, 15) is 4.79 Å². The number of hydrogen-bond donors (Lipinski definition) is 1. The second-order valence-corrected chi connectivity index (χ2v) is 5.74. The van der Waals surface area contributed by atoms with E-state index < -0.39 is 0 Å². The monoisotopic (exact) mass is 260 g/mol. The van der Waals surface area contributed by atoms with Crippen LogP contribution in [-0.2, 0) is 9.53 Å². The van der Waals surface area contributed by atoms with E-state index in [2.05, 4.69) is 19.2 Å². The molecule has 1 amide bonds. The van der Waals surface area contributed by atoms with Crippen molar-refractivity contribution in [3.8, 4) is 0 Å². The molecule has 0 aromatic carbocycles. The number of amides is 1. The average molecular weight is 260 g/mol. The van der Waals surface area contributed by atoms with Crippen molar-refractivity contribution < 1.29 is 9.53 Å². The molecule has 1 aliphatic heterocycles. The zero-order valence-electron chi connectivity index (χ0n) is 11.1. The van der Waals surface area contributed by atoms with Crippen LogP contribution in [0.4, 0.5) is 0 Å². The summed E-state index contributed by atoms with van der Waals surface area (Å²) >= 11 is 1.92. The lowest BCUT2D eigenvalue weighted by molar-refractivity contribution is -0.145. The minimum absolute atomic E-state index is 0.103. The molecule has 1 aliphatic rings. The summed E-state index contributed by atoms with van der Waals surface area (Å²) in [4.78, 5) is 14.0. The Labute approximate surface area is 108 Å². The Morgan fingerprint density at radius 2 is 2.41 bits per heavy atom. The van der Waals surface area contributed by atoms with Gasteiger partial charge >= 0.3 is 0 Å². The van der Waals surface area contributed by atoms with E-state index in [1.807, 2.05) is 23.7 Å². The van der Waals surface area contributed by atoms with E-state index >= 15 is 0 Å². The Hall–Kier alpha value is -0.260. The highest BCUT2D eigenvalue weighted by atomic mass is 32.2. The van der Waals surface area contributed by atoms with E-state index in [-0.39, 0.29) is 18.1 Å². The summed E-state index contributed by atoms with van der Waals surface area (Å²) in [5.41, 5.74) is 0. The molecule has 1 N–H and O–H groups in total. The summed E-state index contributed by atoms with van der Waals surface area (Å²) in [6.07, 6.45) is 0.746. The highest BCUT2D eigenvalue weighted by Gasteiger charge is 2.26. The van der Waals surface area contributed by atoms with Crippen LogP contribution in [0.15, 0.2) is 0 Å². The van der Waals surface area contributed by atoms with Crippen LogP contribution < -0.4 is 5.32 Å². The minimum Gasteiger partial charge on any atom is -0.366 e. The molecule has 1 saturated heterocycles. The number of rotatable bonds is 6. The first-order valence-electron chi connectivity index (χ1n) is 6.33. The molecule has 0 radical (unpaired) electrons. The number of morpholine rings is 1. The molecule has 0 aliphatic carbocycles. The summed E-state index contributed by atoms with van der Waals surface area (Å²) in [6.45, 7) is 6.37. The lowest BCUT2D eigenvalue weighted by Crippen LogP contribution is -2.50. The number of ether oxygens (including phenoxy) is 1. The Balaban J connectivity index is 2.33. The Kier molecular flexibility index (Phi) is 6.92. The van der Waals surface area contributed by atoms with Crippen molar-refractivity contribution in [1.29, 1.82) is 0 Å². The van der Waals surface area contributed by atoms with Gasteiger partial charge in [-0.2, -0.15) is 11.8 Å². The van der Waals surface area contributed by atoms with Crippen molar-refractivity contribution in [2.75, 3.05) is 38.2 Å². The first kappa shape index (κ1) is 14.8. The van der Waals surface area contributed by atoms with Gasteiger partial charge in [-0.05, 0) is 24.9 Å². The second-order valence-electron chi connectivity index (χ2n) is 4.35. The normalized spacial score (nSPS) is 22.2. The topological polar surface area (TPSA) is 41.6 Å². The highest BCUT2D eigenvalue weighted by molar-refractivity contribution is 7.99. The SMILES string of the molecule is CCSCCC(C)N(C)C(=O)C1CNCCO1. The van der Waals surface area contributed by atoms with Gasteiger partial charge in [0.25, 0.3) is 5.91 Å². The first-order valence-corrected chi connectivity index (χ1v) is 7.49. The quantitative estimate of drug-likeness (QED) is 0.723. The van der Waals surface area contributed by atoms with Crippen molar-refractivity contribution in [2.45, 2.75) is 32.4 Å². The molecule has 0 aromatic heterocycles. The molecule has 17 heavy (non-hydrogen) atoms. The van der Waals surface area contributed by atoms with Gasteiger partial charge in [-0.1, -0.05) is 6.92 Å². The zero-order valence-corrected chi connectivity index (χ0v) is 11.9. The fourth-order valence-corrected chi connectivity index (χ4v) is 2.56. The average Bonchev–Trinajstić information content (AvgIpc) is 2.38. The Morgan fingerprint density at radius 3 is 3.00 bits per heavy atom. The van der Waals surface area contributed by atoms with Gasteiger partial charge in [0.05, 0.1) is 6.61 Å². The molecule has 1 rings (SSSR count). The first-order chi connectivity index (χ1) is 8.16. The van der Waals surface area contributed by atoms with Crippen LogP contribution in [0, 0.1) is 0 Å². The van der Waals surface area contributed by atoms with Crippen LogP contribution in [0.1, 0.15) is 20.3 Å². The number of nitrogens with one attached hydrogen (secondary N) is 1. The van der Waals surface area contributed by atoms with Crippen LogP contribution in [-0.4, -0.2) is 61.2 Å². The fraction of sp³-hybridized carbons (Fsp3) is 0.917. The van der Waals surface area contributed by atoms with Gasteiger partial charge in [0.15, 0.2) is 0 Å². The fourth-order valence-electron chi connectivity index (χ4n) is 1.76. The Bertz CT molecular complexity index is 233. The second kappa shape index (κ2) is 7.95. The molecule has 2 atom stereocenters. The van der Waals surface area contributed by atoms with Gasteiger partial charge in [-0.3, -0.25) is 4.79 Å². The summed E-state index contributed by atoms with van der Waals surface area (Å²) in [5.74, 6) is 2.35. The third-order valence-electron chi connectivity index (χ3n) is 3.10. The largest absolute Gasteiger partial charge is 0.366 e. The van der Waals surface area contributed by atoms with Crippen molar-refractivity contribution in [2.24, 2.45) is 0 Å². The molecule has 0 aromatic rings. The predicted octanol–water partition coefficient (Wildman–Crippen LogP) is 0.965. The van der Waals surface area contributed by atoms with E-state index in [0.717, 1.165) is 24.5 Å². The van der Waals surface area contributed by atoms with Gasteiger partial charge in [-0.15, -0.1) is 0 Å². The zero-order chi connectivity index (χ0) is 12.7. The molecule has 0 saturated carbocycles. The maximum absolute atomic E-state index is 12.1. The number of likely N-dealkylation sites (N-methyl/N-ethyl adjacent to an activating group) is 1. The maximum Gasteiger partial charge on any atom is 0.253 e. The molecule has 5 heteroatoms. The molecular weight excluding hydrogens is 236 g/mol. The predicted molar refractivity (Wildman–Crippen MR) is 72.5 cm³/mol. The van der Waals surface area contributed by atoms with Crippen LogP contribution in [0.3, 0.4) is 0 Å². The van der Waals surface area contributed by atoms with E-state index in [4.69, 9.17) is 4.74 Å². The van der Waals surface area contributed by atoms with Gasteiger partial charge in [0, 0.05) is 26.2 Å². The Morgan fingerprint density at radius 1 is 1.65 bits per heavy atom. The minimum atomic E-state index is -0.296. The molecule has 100 valence electrons. The van der Waals surface area contributed by atoms with E-state index in [1.165, 1.54) is 0 Å². The van der Waals surface area contributed by atoms with Crippen molar-refractivity contribution in [1.82, 2.24) is 10.2 Å². The molecule has 1 fully saturated rings. The smallest absolute Gasteiger partial charge is 0.253 e. The number of nitrogens with zero attached hydrogens (tertiary/aromatic N) is 1. The van der Waals surface area contributed by atoms with E-state index in [0.29, 0.717) is 13.2 Å². The molecule has 0 spiro atoms. The highest BCUT2D eigenvalue weighted by Crippen LogP contribution is 2.10. The number of carbonyl (C=O) groups is 1. The standard InChI is InChI=1S/C12H24N2O2S/c1-4-17-8-5-10(2)14(3)12(15)11-9-13-6-7-16-11/h10-11,13H,4-9H2,1-3H3. The molecule has 4 nitrogen and oxygen atoms in total. The molecular formula is C12H24N2O2S. The summed E-state index contributed by atoms with van der Waals surface area (Å²) in [7, 11) is 1.88. The third-order valence-corrected chi connectivity index (χ3v) is 4.03. The number of hydrogen-bond acceptors (Lipinski definition) is 4. The molecule has 0 bridgehead atoms. The lowest BCUT2D eigenvalue weighted by Gasteiger charge is -2.31. The summed E-state index contributed by atoms with van der Waals surface area (Å²) in [6, 6.07) is 0.284. The van der Waals surface area contributed by atoms with Crippen LogP contribution >= 0.6 is 11.8 Å². The summed E-state index contributed by atoms with van der Waals surface area (Å²) in [5, 5.41) is 3.19. The van der Waals surface area contributed by atoms with Crippen LogP contribution in [0.2, 0.25) is 0 Å². The van der Waals surface area contributed by atoms with Crippen molar-refractivity contribution in [3.63, 3.8) is 0 Å². The third kappa shape index (κ3) is 4.85. The van der Waals surface area contributed by atoms with Crippen molar-refractivity contribution >= 4 is 17.7 Å². The van der Waals surface area contributed by atoms with Crippen LogP contribution in [0.25, 0.3) is 0 Å². The van der Waals surface area contributed by atoms with Crippen molar-refractivity contribution in [3.05, 3.63) is 0 Å². The van der Waals surface area contributed by atoms with E-state index in [1.54, 1.807) is 0 Å². The number of carbonyl (C=O) groups excluding carboxylic acids is 1. The number of thioether (sulfide) groups is 1. The lowest BCUT2D eigenvalue weighted by atomic mass is 10.2. The molecule has 1 heterocycles. The van der Waals surface area contributed by atoms with Gasteiger partial charge in [-0.25, -0.2) is 0 Å².